The Morgan fingerprint density at radius 1 is 1.03 bits per heavy atom. The van der Waals surface area contributed by atoms with E-state index >= 15 is 0 Å². The average Bonchev–Trinajstić information content (AvgIpc) is 3.54. The number of tetrazole rings is 1. The zero-order valence-corrected chi connectivity index (χ0v) is 20.0. The number of para-hydroxylation sites is 1. The van der Waals surface area contributed by atoms with Gasteiger partial charge in [-0.2, -0.15) is 0 Å². The Bertz CT molecular complexity index is 1560. The molecule has 0 aliphatic rings. The van der Waals surface area contributed by atoms with E-state index in [0.717, 1.165) is 35.2 Å². The number of carbonyl (C=O) groups is 1. The van der Waals surface area contributed by atoms with Crippen LogP contribution in [0.1, 0.15) is 41.9 Å². The second-order valence-electron chi connectivity index (χ2n) is 8.53. The molecule has 1 N–H and O–H groups in total. The van der Waals surface area contributed by atoms with Gasteiger partial charge in [-0.1, -0.05) is 55.8 Å². The van der Waals surface area contributed by atoms with Crippen LogP contribution < -0.4 is 5.69 Å². The lowest BCUT2D eigenvalue weighted by atomic mass is 10.0. The number of H-pyrrole nitrogens is 1. The molecular weight excluding hydrogens is 454 g/mol. The van der Waals surface area contributed by atoms with Crippen LogP contribution in [0.5, 0.6) is 0 Å². The standard InChI is InChI=1S/C27H25N7O2/c1-3-7-21-17-34(24-10-5-4-8-22(24)18(2)35)27(36)33(21)16-19-11-13-20(14-12-19)23-9-6-15-28-25(23)26-29-31-32-30-26/h4-6,8-15,17H,3,7,16H2,1-2H3,(H,29,30,31,32). The topological polar surface area (TPSA) is 111 Å². The molecule has 0 spiro atoms. The Hall–Kier alpha value is -4.66. The minimum Gasteiger partial charge on any atom is -0.294 e. The highest BCUT2D eigenvalue weighted by Gasteiger charge is 2.17. The number of pyridine rings is 1. The van der Waals surface area contributed by atoms with Crippen molar-refractivity contribution in [2.75, 3.05) is 0 Å². The lowest BCUT2D eigenvalue weighted by molar-refractivity contribution is 0.101. The van der Waals surface area contributed by atoms with Crippen LogP contribution in [0.4, 0.5) is 0 Å². The summed E-state index contributed by atoms with van der Waals surface area (Å²) in [4.78, 5) is 30.1. The summed E-state index contributed by atoms with van der Waals surface area (Å²) < 4.78 is 3.37. The third kappa shape index (κ3) is 4.38. The van der Waals surface area contributed by atoms with Crippen LogP contribution >= 0.6 is 0 Å². The molecule has 5 rings (SSSR count). The fourth-order valence-corrected chi connectivity index (χ4v) is 4.36. The van der Waals surface area contributed by atoms with Gasteiger partial charge in [0.2, 0.25) is 0 Å². The Balaban J connectivity index is 1.49. The van der Waals surface area contributed by atoms with Crippen LogP contribution in [-0.4, -0.2) is 40.5 Å². The maximum Gasteiger partial charge on any atom is 0.333 e. The summed E-state index contributed by atoms with van der Waals surface area (Å²) in [6.45, 7) is 4.03. The monoisotopic (exact) mass is 479 g/mol. The molecule has 0 bridgehead atoms. The van der Waals surface area contributed by atoms with E-state index in [2.05, 4.69) is 32.5 Å². The van der Waals surface area contributed by atoms with E-state index in [1.807, 2.05) is 60.8 Å². The third-order valence-corrected chi connectivity index (χ3v) is 6.09. The van der Waals surface area contributed by atoms with Gasteiger partial charge in [0.05, 0.1) is 12.2 Å². The molecule has 0 fully saturated rings. The first kappa shape index (κ1) is 23.1. The maximum atomic E-state index is 13.5. The van der Waals surface area contributed by atoms with Gasteiger partial charge in [-0.25, -0.2) is 9.89 Å². The molecule has 36 heavy (non-hydrogen) atoms. The van der Waals surface area contributed by atoms with Crippen molar-refractivity contribution in [2.24, 2.45) is 0 Å². The molecule has 9 nitrogen and oxygen atoms in total. The van der Waals surface area contributed by atoms with Crippen LogP contribution in [0.15, 0.2) is 77.9 Å². The van der Waals surface area contributed by atoms with Crippen molar-refractivity contribution in [3.05, 3.63) is 100 Å². The number of aromatic amines is 1. The van der Waals surface area contributed by atoms with Gasteiger partial charge in [0.15, 0.2) is 11.6 Å². The quantitative estimate of drug-likeness (QED) is 0.336. The molecule has 3 heterocycles. The molecule has 0 radical (unpaired) electrons. The van der Waals surface area contributed by atoms with Crippen molar-refractivity contribution in [2.45, 2.75) is 33.2 Å². The maximum absolute atomic E-state index is 13.5. The first-order chi connectivity index (χ1) is 17.6. The molecule has 0 aliphatic heterocycles. The lowest BCUT2D eigenvalue weighted by Gasteiger charge is -2.10. The number of aromatic nitrogens is 7. The molecule has 2 aromatic carbocycles. The molecule has 0 saturated carbocycles. The zero-order valence-electron chi connectivity index (χ0n) is 20.0. The Labute approximate surface area is 207 Å². The Kier molecular flexibility index (Phi) is 6.36. The first-order valence-electron chi connectivity index (χ1n) is 11.8. The van der Waals surface area contributed by atoms with Gasteiger partial charge in [0.1, 0.15) is 5.69 Å². The van der Waals surface area contributed by atoms with Crippen molar-refractivity contribution < 1.29 is 4.79 Å². The summed E-state index contributed by atoms with van der Waals surface area (Å²) in [6.07, 6.45) is 5.21. The molecule has 0 atom stereocenters. The smallest absolute Gasteiger partial charge is 0.294 e. The molecule has 0 amide bonds. The third-order valence-electron chi connectivity index (χ3n) is 6.09. The zero-order chi connectivity index (χ0) is 25.1. The summed E-state index contributed by atoms with van der Waals surface area (Å²) in [5, 5.41) is 14.1. The molecule has 5 aromatic rings. The van der Waals surface area contributed by atoms with E-state index in [1.54, 1.807) is 21.4 Å². The van der Waals surface area contributed by atoms with Crippen molar-refractivity contribution >= 4 is 5.78 Å². The summed E-state index contributed by atoms with van der Waals surface area (Å²) in [7, 11) is 0. The number of ketones is 1. The second kappa shape index (κ2) is 9.91. The molecule has 180 valence electrons. The summed E-state index contributed by atoms with van der Waals surface area (Å²) in [5.41, 5.74) is 5.41. The van der Waals surface area contributed by atoms with Crippen molar-refractivity contribution in [1.82, 2.24) is 34.7 Å². The number of aryl methyl sites for hydroxylation is 1. The molecule has 9 heteroatoms. The van der Waals surface area contributed by atoms with Crippen LogP contribution in [0, 0.1) is 0 Å². The Morgan fingerprint density at radius 2 is 1.83 bits per heavy atom. The summed E-state index contributed by atoms with van der Waals surface area (Å²) in [6, 6.07) is 19.1. The highest BCUT2D eigenvalue weighted by Crippen LogP contribution is 2.28. The fraction of sp³-hybridized carbons (Fsp3) is 0.185. The SMILES string of the molecule is CCCc1cn(-c2ccccc2C(C)=O)c(=O)n1Cc1ccc(-c2cccnc2-c2nnn[nH]2)cc1. The first-order valence-corrected chi connectivity index (χ1v) is 11.8. The number of Topliss-reactive ketones (excluding diaryl/α,β-unsaturated/α-hetero) is 1. The van der Waals surface area contributed by atoms with E-state index < -0.39 is 0 Å². The summed E-state index contributed by atoms with van der Waals surface area (Å²) in [5.74, 6) is 0.423. The van der Waals surface area contributed by atoms with Gasteiger partial charge in [-0.05, 0) is 53.1 Å². The largest absolute Gasteiger partial charge is 0.333 e. The molecule has 0 saturated heterocycles. The van der Waals surface area contributed by atoms with E-state index in [4.69, 9.17) is 0 Å². The van der Waals surface area contributed by atoms with Crippen LogP contribution in [0.3, 0.4) is 0 Å². The van der Waals surface area contributed by atoms with E-state index in [9.17, 15) is 9.59 Å². The summed E-state index contributed by atoms with van der Waals surface area (Å²) >= 11 is 0. The number of benzene rings is 2. The van der Waals surface area contributed by atoms with Crippen LogP contribution in [0.2, 0.25) is 0 Å². The molecular formula is C27H25N7O2. The van der Waals surface area contributed by atoms with Gasteiger partial charge in [0, 0.05) is 29.2 Å². The number of nitrogens with zero attached hydrogens (tertiary/aromatic N) is 6. The molecule has 3 aromatic heterocycles. The number of hydrogen-bond acceptors (Lipinski definition) is 6. The number of hydrogen-bond donors (Lipinski definition) is 1. The minimum absolute atomic E-state index is 0.0752. The lowest BCUT2D eigenvalue weighted by Crippen LogP contribution is -2.25. The predicted octanol–water partition coefficient (Wildman–Crippen LogP) is 4.08. The number of carbonyl (C=O) groups excluding carboxylic acids is 1. The van der Waals surface area contributed by atoms with Crippen molar-refractivity contribution in [1.29, 1.82) is 0 Å². The second-order valence-corrected chi connectivity index (χ2v) is 8.53. The number of imidazole rings is 1. The highest BCUT2D eigenvalue weighted by molar-refractivity contribution is 5.97. The predicted molar refractivity (Wildman–Crippen MR) is 136 cm³/mol. The average molecular weight is 480 g/mol. The van der Waals surface area contributed by atoms with Gasteiger partial charge in [-0.15, -0.1) is 5.10 Å². The van der Waals surface area contributed by atoms with Gasteiger partial charge < -0.3 is 0 Å². The van der Waals surface area contributed by atoms with Crippen LogP contribution in [0.25, 0.3) is 28.3 Å². The molecule has 0 aliphatic carbocycles. The van der Waals surface area contributed by atoms with Gasteiger partial charge in [0.25, 0.3) is 0 Å². The van der Waals surface area contributed by atoms with Gasteiger partial charge >= 0.3 is 5.69 Å². The van der Waals surface area contributed by atoms with Crippen molar-refractivity contribution in [3.8, 4) is 28.3 Å². The minimum atomic E-state index is -0.163. The van der Waals surface area contributed by atoms with Gasteiger partial charge in [-0.3, -0.25) is 18.9 Å². The highest BCUT2D eigenvalue weighted by atomic mass is 16.2. The molecule has 0 unspecified atom stereocenters. The number of rotatable bonds is 8. The van der Waals surface area contributed by atoms with Crippen molar-refractivity contribution in [3.63, 3.8) is 0 Å². The number of nitrogens with one attached hydrogen (secondary N) is 1. The Morgan fingerprint density at radius 3 is 2.56 bits per heavy atom. The van der Waals surface area contributed by atoms with E-state index in [0.29, 0.717) is 29.3 Å². The fourth-order valence-electron chi connectivity index (χ4n) is 4.36. The van der Waals surface area contributed by atoms with E-state index in [1.165, 1.54) is 6.92 Å². The van der Waals surface area contributed by atoms with Crippen LogP contribution in [-0.2, 0) is 13.0 Å². The van der Waals surface area contributed by atoms with E-state index in [-0.39, 0.29) is 11.5 Å². The normalized spacial score (nSPS) is 11.1.